The van der Waals surface area contributed by atoms with Crippen LogP contribution in [-0.4, -0.2) is 40.2 Å². The van der Waals surface area contributed by atoms with Gasteiger partial charge >= 0.3 is 12.2 Å². The SMILES string of the molecule is CC(C)(C)OC(=O)N(CCCCCCCCBr)C(=O)OC(C)(C)C. The van der Waals surface area contributed by atoms with E-state index in [2.05, 4.69) is 15.9 Å². The van der Waals surface area contributed by atoms with Crippen LogP contribution in [0.2, 0.25) is 0 Å². The van der Waals surface area contributed by atoms with Gasteiger partial charge < -0.3 is 9.47 Å². The summed E-state index contributed by atoms with van der Waals surface area (Å²) in [7, 11) is 0. The largest absolute Gasteiger partial charge is 0.443 e. The second kappa shape index (κ2) is 11.0. The van der Waals surface area contributed by atoms with Crippen molar-refractivity contribution in [1.29, 1.82) is 0 Å². The molecule has 0 saturated heterocycles. The number of alkyl halides is 1. The first-order valence-electron chi connectivity index (χ1n) is 8.76. The molecule has 0 aromatic rings. The molecule has 0 heterocycles. The average Bonchev–Trinajstić information content (AvgIpc) is 2.37. The molecule has 0 saturated carbocycles. The molecule has 0 aliphatic carbocycles. The van der Waals surface area contributed by atoms with E-state index in [1.807, 2.05) is 0 Å². The fourth-order valence-corrected chi connectivity index (χ4v) is 2.36. The van der Waals surface area contributed by atoms with Crippen molar-refractivity contribution >= 4 is 28.1 Å². The minimum Gasteiger partial charge on any atom is -0.443 e. The standard InChI is InChI=1S/C18H34BrNO4/c1-17(2,3)23-15(21)20(16(22)24-18(4,5)6)14-12-10-8-7-9-11-13-19/h7-14H2,1-6H3. The predicted octanol–water partition coefficient (Wildman–Crippen LogP) is 5.89. The summed E-state index contributed by atoms with van der Waals surface area (Å²) in [6.45, 7) is 11.0. The van der Waals surface area contributed by atoms with Crippen LogP contribution in [0.4, 0.5) is 9.59 Å². The number of carbonyl (C=O) groups excluding carboxylic acids is 2. The summed E-state index contributed by atoms with van der Waals surface area (Å²) in [5.41, 5.74) is -1.29. The number of amides is 2. The van der Waals surface area contributed by atoms with Crippen LogP contribution in [0.1, 0.15) is 80.1 Å². The van der Waals surface area contributed by atoms with E-state index in [1.165, 1.54) is 19.3 Å². The highest BCUT2D eigenvalue weighted by molar-refractivity contribution is 9.09. The maximum atomic E-state index is 12.3. The van der Waals surface area contributed by atoms with Gasteiger partial charge in [0.05, 0.1) is 0 Å². The van der Waals surface area contributed by atoms with Gasteiger partial charge in [-0.2, -0.15) is 0 Å². The third-order valence-corrected chi connectivity index (χ3v) is 3.55. The Kier molecular flexibility index (Phi) is 10.6. The summed E-state index contributed by atoms with van der Waals surface area (Å²) in [4.78, 5) is 25.7. The molecule has 0 atom stereocenters. The number of nitrogens with zero attached hydrogens (tertiary/aromatic N) is 1. The molecule has 0 radical (unpaired) electrons. The topological polar surface area (TPSA) is 55.8 Å². The highest BCUT2D eigenvalue weighted by Gasteiger charge is 2.30. The number of unbranched alkanes of at least 4 members (excludes halogenated alkanes) is 5. The number of imide groups is 1. The molecule has 0 N–H and O–H groups in total. The Morgan fingerprint density at radius 1 is 0.750 bits per heavy atom. The highest BCUT2D eigenvalue weighted by atomic mass is 79.9. The van der Waals surface area contributed by atoms with Crippen molar-refractivity contribution in [2.45, 2.75) is 91.3 Å². The van der Waals surface area contributed by atoms with Crippen molar-refractivity contribution in [2.75, 3.05) is 11.9 Å². The molecule has 0 rings (SSSR count). The molecule has 2 amide bonds. The molecular formula is C18H34BrNO4. The molecule has 0 aliphatic rings. The summed E-state index contributed by atoms with van der Waals surface area (Å²) in [5, 5.41) is 1.04. The van der Waals surface area contributed by atoms with Crippen LogP contribution >= 0.6 is 15.9 Å². The zero-order valence-electron chi connectivity index (χ0n) is 16.1. The van der Waals surface area contributed by atoms with Crippen molar-refractivity contribution in [3.63, 3.8) is 0 Å². The molecule has 5 nitrogen and oxygen atoms in total. The molecule has 24 heavy (non-hydrogen) atoms. The van der Waals surface area contributed by atoms with E-state index in [9.17, 15) is 9.59 Å². The monoisotopic (exact) mass is 407 g/mol. The first-order chi connectivity index (χ1) is 11.0. The summed E-state index contributed by atoms with van der Waals surface area (Å²) in [6, 6.07) is 0. The molecule has 0 fully saturated rings. The summed E-state index contributed by atoms with van der Waals surface area (Å²) >= 11 is 3.42. The Bertz CT molecular complexity index is 357. The van der Waals surface area contributed by atoms with Gasteiger partial charge in [0.1, 0.15) is 11.2 Å². The third kappa shape index (κ3) is 12.6. The van der Waals surface area contributed by atoms with Crippen molar-refractivity contribution in [3.8, 4) is 0 Å². The maximum Gasteiger partial charge on any atom is 0.419 e. The number of hydrogen-bond acceptors (Lipinski definition) is 4. The number of ether oxygens (including phenoxy) is 2. The third-order valence-electron chi connectivity index (χ3n) is 2.99. The van der Waals surface area contributed by atoms with Crippen LogP contribution in [0, 0.1) is 0 Å². The van der Waals surface area contributed by atoms with Gasteiger partial charge in [-0.25, -0.2) is 14.5 Å². The average molecular weight is 408 g/mol. The lowest BCUT2D eigenvalue weighted by Crippen LogP contribution is -2.44. The Labute approximate surface area is 155 Å². The summed E-state index contributed by atoms with van der Waals surface area (Å²) < 4.78 is 10.7. The van der Waals surface area contributed by atoms with Gasteiger partial charge in [0.15, 0.2) is 0 Å². The number of hydrogen-bond donors (Lipinski definition) is 0. The van der Waals surface area contributed by atoms with Gasteiger partial charge in [0.2, 0.25) is 0 Å². The van der Waals surface area contributed by atoms with Crippen molar-refractivity contribution < 1.29 is 19.1 Å². The van der Waals surface area contributed by atoms with Gasteiger partial charge in [-0.3, -0.25) is 0 Å². The predicted molar refractivity (Wildman–Crippen MR) is 101 cm³/mol. The summed E-state index contributed by atoms with van der Waals surface area (Å²) in [5.74, 6) is 0. The first-order valence-corrected chi connectivity index (χ1v) is 9.88. The van der Waals surface area contributed by atoms with Gasteiger partial charge in [-0.1, -0.05) is 41.6 Å². The van der Waals surface area contributed by atoms with Gasteiger partial charge in [0, 0.05) is 11.9 Å². The highest BCUT2D eigenvalue weighted by Crippen LogP contribution is 2.16. The van der Waals surface area contributed by atoms with Crippen molar-refractivity contribution in [1.82, 2.24) is 4.90 Å². The van der Waals surface area contributed by atoms with Gasteiger partial charge in [-0.05, 0) is 54.4 Å². The van der Waals surface area contributed by atoms with E-state index in [1.54, 1.807) is 41.5 Å². The van der Waals surface area contributed by atoms with Crippen LogP contribution in [0.25, 0.3) is 0 Å². The molecule has 6 heteroatoms. The Morgan fingerprint density at radius 3 is 1.50 bits per heavy atom. The van der Waals surface area contributed by atoms with Crippen LogP contribution in [0.15, 0.2) is 0 Å². The lowest BCUT2D eigenvalue weighted by Gasteiger charge is -2.28. The first kappa shape index (κ1) is 23.2. The second-order valence-corrected chi connectivity index (χ2v) is 8.72. The molecule has 0 aliphatic heterocycles. The molecule has 0 unspecified atom stereocenters. The number of carbonyl (C=O) groups is 2. The van der Waals surface area contributed by atoms with Crippen molar-refractivity contribution in [3.05, 3.63) is 0 Å². The molecule has 0 aromatic carbocycles. The van der Waals surface area contributed by atoms with Crippen LogP contribution in [-0.2, 0) is 9.47 Å². The molecule has 142 valence electrons. The van der Waals surface area contributed by atoms with E-state index < -0.39 is 23.4 Å². The fraction of sp³-hybridized carbons (Fsp3) is 0.889. The van der Waals surface area contributed by atoms with E-state index >= 15 is 0 Å². The lowest BCUT2D eigenvalue weighted by atomic mass is 10.1. The Balaban J connectivity index is 4.53. The van der Waals surface area contributed by atoms with Gasteiger partial charge in [-0.15, -0.1) is 0 Å². The van der Waals surface area contributed by atoms with E-state index in [4.69, 9.17) is 9.47 Å². The number of rotatable bonds is 8. The fourth-order valence-electron chi connectivity index (χ4n) is 1.96. The number of halogens is 1. The minimum atomic E-state index is -0.646. The zero-order valence-corrected chi connectivity index (χ0v) is 17.7. The molecular weight excluding hydrogens is 374 g/mol. The molecule has 0 aromatic heterocycles. The summed E-state index contributed by atoms with van der Waals surface area (Å²) in [6.07, 6.45) is 5.10. The van der Waals surface area contributed by atoms with Crippen molar-refractivity contribution in [2.24, 2.45) is 0 Å². The normalized spacial score (nSPS) is 12.0. The van der Waals surface area contributed by atoms with Crippen LogP contribution in [0.5, 0.6) is 0 Å². The lowest BCUT2D eigenvalue weighted by molar-refractivity contribution is 0.00118. The smallest absolute Gasteiger partial charge is 0.419 e. The zero-order chi connectivity index (χ0) is 18.8. The Hall–Kier alpha value is -0.780. The quantitative estimate of drug-likeness (QED) is 0.371. The van der Waals surface area contributed by atoms with E-state index in [-0.39, 0.29) is 0 Å². The van der Waals surface area contributed by atoms with Crippen LogP contribution < -0.4 is 0 Å². The second-order valence-electron chi connectivity index (χ2n) is 7.92. The Morgan fingerprint density at radius 2 is 1.12 bits per heavy atom. The van der Waals surface area contributed by atoms with E-state index in [0.29, 0.717) is 6.54 Å². The molecule has 0 spiro atoms. The molecule has 0 bridgehead atoms. The van der Waals surface area contributed by atoms with Gasteiger partial charge in [0.25, 0.3) is 0 Å². The van der Waals surface area contributed by atoms with E-state index in [0.717, 1.165) is 29.5 Å². The maximum absolute atomic E-state index is 12.3. The minimum absolute atomic E-state index is 0.322. The van der Waals surface area contributed by atoms with Crippen LogP contribution in [0.3, 0.4) is 0 Å².